The van der Waals surface area contributed by atoms with E-state index in [4.69, 9.17) is 4.74 Å². The van der Waals surface area contributed by atoms with Gasteiger partial charge < -0.3 is 15.0 Å². The zero-order valence-corrected chi connectivity index (χ0v) is 11.7. The summed E-state index contributed by atoms with van der Waals surface area (Å²) in [7, 11) is 2.21. The van der Waals surface area contributed by atoms with Gasteiger partial charge in [0.2, 0.25) is 0 Å². The summed E-state index contributed by atoms with van der Waals surface area (Å²) in [5.41, 5.74) is 2.39. The van der Waals surface area contributed by atoms with Gasteiger partial charge in [0, 0.05) is 12.6 Å². The van der Waals surface area contributed by atoms with E-state index >= 15 is 0 Å². The van der Waals surface area contributed by atoms with E-state index in [0.29, 0.717) is 12.6 Å². The molecule has 1 unspecified atom stereocenters. The lowest BCUT2D eigenvalue weighted by Crippen LogP contribution is -2.31. The van der Waals surface area contributed by atoms with Crippen molar-refractivity contribution in [1.82, 2.24) is 4.90 Å². The van der Waals surface area contributed by atoms with Crippen molar-refractivity contribution in [2.45, 2.75) is 32.7 Å². The van der Waals surface area contributed by atoms with Gasteiger partial charge in [0.15, 0.2) is 0 Å². The first kappa shape index (κ1) is 13.2. The van der Waals surface area contributed by atoms with Crippen LogP contribution in [-0.2, 0) is 0 Å². The Morgan fingerprint density at radius 1 is 1.44 bits per heavy atom. The fourth-order valence-electron chi connectivity index (χ4n) is 2.53. The Kier molecular flexibility index (Phi) is 4.48. The van der Waals surface area contributed by atoms with E-state index in [1.54, 1.807) is 0 Å². The minimum absolute atomic E-state index is 0.653. The molecule has 0 aliphatic carbocycles. The minimum Gasteiger partial charge on any atom is -0.492 e. The van der Waals surface area contributed by atoms with Crippen LogP contribution in [0.1, 0.15) is 25.3 Å². The Hall–Kier alpha value is -1.22. The van der Waals surface area contributed by atoms with Gasteiger partial charge in [-0.25, -0.2) is 0 Å². The van der Waals surface area contributed by atoms with E-state index in [9.17, 15) is 0 Å². The van der Waals surface area contributed by atoms with Gasteiger partial charge in [0.05, 0.1) is 12.3 Å². The molecular weight excluding hydrogens is 224 g/mol. The number of likely N-dealkylation sites (N-methyl/N-ethyl adjacent to an activating group) is 1. The van der Waals surface area contributed by atoms with Gasteiger partial charge in [-0.2, -0.15) is 0 Å². The van der Waals surface area contributed by atoms with Crippen LogP contribution in [0.3, 0.4) is 0 Å². The molecule has 1 aliphatic heterocycles. The normalized spacial score (nSPS) is 20.1. The van der Waals surface area contributed by atoms with Crippen LogP contribution < -0.4 is 10.1 Å². The first-order valence-corrected chi connectivity index (χ1v) is 6.88. The second-order valence-corrected chi connectivity index (χ2v) is 5.09. The Bertz CT molecular complexity index is 392. The third-order valence-corrected chi connectivity index (χ3v) is 3.63. The molecule has 1 aromatic rings. The summed E-state index contributed by atoms with van der Waals surface area (Å²) in [6.07, 6.45) is 2.61. The van der Waals surface area contributed by atoms with Crippen molar-refractivity contribution in [2.24, 2.45) is 0 Å². The third kappa shape index (κ3) is 3.16. The van der Waals surface area contributed by atoms with Gasteiger partial charge in [0.25, 0.3) is 0 Å². The van der Waals surface area contributed by atoms with E-state index in [0.717, 1.165) is 18.0 Å². The van der Waals surface area contributed by atoms with Crippen molar-refractivity contribution in [3.63, 3.8) is 0 Å². The molecular formula is C15H24N2O. The monoisotopic (exact) mass is 248 g/mol. The van der Waals surface area contributed by atoms with Crippen molar-refractivity contribution >= 4 is 5.69 Å². The predicted octanol–water partition coefficient (Wildman–Crippen LogP) is 2.90. The van der Waals surface area contributed by atoms with E-state index < -0.39 is 0 Å². The fraction of sp³-hybridized carbons (Fsp3) is 0.600. The maximum atomic E-state index is 5.66. The molecule has 0 bridgehead atoms. The quantitative estimate of drug-likeness (QED) is 0.867. The second kappa shape index (κ2) is 6.10. The van der Waals surface area contributed by atoms with Gasteiger partial charge in [-0.15, -0.1) is 0 Å². The topological polar surface area (TPSA) is 24.5 Å². The van der Waals surface area contributed by atoms with Crippen LogP contribution in [0.15, 0.2) is 18.2 Å². The number of likely N-dealkylation sites (tertiary alicyclic amines) is 1. The number of anilines is 1. The summed E-state index contributed by atoms with van der Waals surface area (Å²) in [6, 6.07) is 6.97. The highest BCUT2D eigenvalue weighted by molar-refractivity contribution is 5.58. The number of rotatable bonds is 5. The van der Waals surface area contributed by atoms with E-state index in [1.165, 1.54) is 24.9 Å². The smallest absolute Gasteiger partial charge is 0.142 e. The van der Waals surface area contributed by atoms with Gasteiger partial charge in [0.1, 0.15) is 5.75 Å². The molecule has 1 heterocycles. The number of hydrogen-bond donors (Lipinski definition) is 1. The van der Waals surface area contributed by atoms with Crippen LogP contribution >= 0.6 is 0 Å². The lowest BCUT2D eigenvalue weighted by Gasteiger charge is -2.21. The average molecular weight is 248 g/mol. The zero-order chi connectivity index (χ0) is 13.0. The van der Waals surface area contributed by atoms with Crippen molar-refractivity contribution in [3.8, 4) is 5.75 Å². The van der Waals surface area contributed by atoms with Gasteiger partial charge in [-0.3, -0.25) is 0 Å². The maximum absolute atomic E-state index is 5.66. The molecule has 1 N–H and O–H groups in total. The SMILES string of the molecule is CCOc1ccc(C)cc1NCC1CCCN1C. The van der Waals surface area contributed by atoms with Crippen LogP contribution in [0.4, 0.5) is 5.69 Å². The molecule has 18 heavy (non-hydrogen) atoms. The van der Waals surface area contributed by atoms with Crippen LogP contribution in [-0.4, -0.2) is 37.7 Å². The minimum atomic E-state index is 0.653. The Morgan fingerprint density at radius 3 is 2.94 bits per heavy atom. The largest absolute Gasteiger partial charge is 0.492 e. The van der Waals surface area contributed by atoms with E-state index in [2.05, 4.69) is 42.4 Å². The summed E-state index contributed by atoms with van der Waals surface area (Å²) in [5.74, 6) is 0.962. The van der Waals surface area contributed by atoms with E-state index in [-0.39, 0.29) is 0 Å². The Morgan fingerprint density at radius 2 is 2.28 bits per heavy atom. The number of aryl methyl sites for hydroxylation is 1. The summed E-state index contributed by atoms with van der Waals surface area (Å²) in [6.45, 7) is 7.07. The Labute approximate surface area is 110 Å². The number of ether oxygens (including phenoxy) is 1. The van der Waals surface area contributed by atoms with Gasteiger partial charge in [-0.05, 0) is 58.0 Å². The van der Waals surface area contributed by atoms with Crippen molar-refractivity contribution < 1.29 is 4.74 Å². The first-order valence-electron chi connectivity index (χ1n) is 6.88. The van der Waals surface area contributed by atoms with Crippen LogP contribution in [0.5, 0.6) is 5.75 Å². The number of hydrogen-bond acceptors (Lipinski definition) is 3. The molecule has 1 atom stereocenters. The molecule has 3 nitrogen and oxygen atoms in total. The maximum Gasteiger partial charge on any atom is 0.142 e. The summed E-state index contributed by atoms with van der Waals surface area (Å²) >= 11 is 0. The lowest BCUT2D eigenvalue weighted by molar-refractivity contribution is 0.320. The van der Waals surface area contributed by atoms with Crippen molar-refractivity contribution in [2.75, 3.05) is 32.1 Å². The number of nitrogens with one attached hydrogen (secondary N) is 1. The fourth-order valence-corrected chi connectivity index (χ4v) is 2.53. The van der Waals surface area contributed by atoms with Crippen molar-refractivity contribution in [1.29, 1.82) is 0 Å². The number of nitrogens with zero attached hydrogens (tertiary/aromatic N) is 1. The molecule has 1 aromatic carbocycles. The molecule has 0 radical (unpaired) electrons. The molecule has 100 valence electrons. The summed E-state index contributed by atoms with van der Waals surface area (Å²) in [5, 5.41) is 3.54. The molecule has 1 saturated heterocycles. The van der Waals surface area contributed by atoms with Crippen LogP contribution in [0, 0.1) is 6.92 Å². The summed E-state index contributed by atoms with van der Waals surface area (Å²) < 4.78 is 5.66. The zero-order valence-electron chi connectivity index (χ0n) is 11.7. The second-order valence-electron chi connectivity index (χ2n) is 5.09. The lowest BCUT2D eigenvalue weighted by atomic mass is 10.2. The molecule has 0 spiro atoms. The van der Waals surface area contributed by atoms with Gasteiger partial charge >= 0.3 is 0 Å². The molecule has 3 heteroatoms. The highest BCUT2D eigenvalue weighted by atomic mass is 16.5. The molecule has 2 rings (SSSR count). The molecule has 0 aromatic heterocycles. The average Bonchev–Trinajstić information content (AvgIpc) is 2.75. The molecule has 0 saturated carbocycles. The summed E-state index contributed by atoms with van der Waals surface area (Å²) in [4.78, 5) is 2.43. The van der Waals surface area contributed by atoms with E-state index in [1.807, 2.05) is 6.92 Å². The third-order valence-electron chi connectivity index (χ3n) is 3.63. The Balaban J connectivity index is 2.00. The standard InChI is InChI=1S/C15H24N2O/c1-4-18-15-8-7-12(2)10-14(15)16-11-13-6-5-9-17(13)3/h7-8,10,13,16H,4-6,9,11H2,1-3H3. The first-order chi connectivity index (χ1) is 8.70. The number of benzene rings is 1. The highest BCUT2D eigenvalue weighted by Crippen LogP contribution is 2.26. The van der Waals surface area contributed by atoms with Crippen LogP contribution in [0.2, 0.25) is 0 Å². The molecule has 1 fully saturated rings. The predicted molar refractivity (Wildman–Crippen MR) is 76.5 cm³/mol. The molecule has 1 aliphatic rings. The van der Waals surface area contributed by atoms with Crippen LogP contribution in [0.25, 0.3) is 0 Å². The molecule has 0 amide bonds. The highest BCUT2D eigenvalue weighted by Gasteiger charge is 2.20. The van der Waals surface area contributed by atoms with Crippen molar-refractivity contribution in [3.05, 3.63) is 23.8 Å². The van der Waals surface area contributed by atoms with Gasteiger partial charge in [-0.1, -0.05) is 6.07 Å².